The van der Waals surface area contributed by atoms with Gasteiger partial charge in [-0.3, -0.25) is 0 Å². The fourth-order valence-corrected chi connectivity index (χ4v) is 2.43. The van der Waals surface area contributed by atoms with Crippen LogP contribution >= 0.6 is 0 Å². The third kappa shape index (κ3) is 13.4. The van der Waals surface area contributed by atoms with Crippen LogP contribution in [0.5, 0.6) is 0 Å². The molecule has 0 bridgehead atoms. The molecule has 0 saturated carbocycles. The van der Waals surface area contributed by atoms with Gasteiger partial charge in [0.2, 0.25) is 0 Å². The van der Waals surface area contributed by atoms with Crippen molar-refractivity contribution in [2.45, 2.75) is 70.6 Å². The third-order valence-corrected chi connectivity index (χ3v) is 3.71. The van der Waals surface area contributed by atoms with E-state index < -0.39 is 0 Å². The zero-order valence-corrected chi connectivity index (χ0v) is 13.5. The van der Waals surface area contributed by atoms with Gasteiger partial charge in [0, 0.05) is 0 Å². The Morgan fingerprint density at radius 2 is 1.00 bits per heavy atom. The molecule has 1 aliphatic carbocycles. The van der Waals surface area contributed by atoms with Crippen molar-refractivity contribution in [3.63, 3.8) is 0 Å². The summed E-state index contributed by atoms with van der Waals surface area (Å²) >= 11 is 0. The number of hydrogen-bond donors (Lipinski definition) is 0. The maximum absolute atomic E-state index is 3.34. The molecule has 1 aliphatic rings. The first-order valence-corrected chi connectivity index (χ1v) is 8.72. The van der Waals surface area contributed by atoms with Crippen molar-refractivity contribution in [2.75, 3.05) is 0 Å². The topological polar surface area (TPSA) is 0 Å². The molecule has 115 valence electrons. The molecule has 0 saturated heterocycles. The van der Waals surface area contributed by atoms with Gasteiger partial charge in [0.1, 0.15) is 0 Å². The summed E-state index contributed by atoms with van der Waals surface area (Å²) in [6, 6.07) is 0. The third-order valence-electron chi connectivity index (χ3n) is 3.71. The van der Waals surface area contributed by atoms with Crippen LogP contribution in [0, 0.1) is 6.08 Å². The van der Waals surface area contributed by atoms with E-state index in [0.717, 1.165) is 6.42 Å². The summed E-state index contributed by atoms with van der Waals surface area (Å²) in [5.74, 6) is 0. The van der Waals surface area contributed by atoms with Gasteiger partial charge in [-0.2, -0.15) is 0 Å². The molecule has 0 heteroatoms. The van der Waals surface area contributed by atoms with Crippen LogP contribution in [0.4, 0.5) is 0 Å². The Morgan fingerprint density at radius 1 is 0.476 bits per heavy atom. The zero-order chi connectivity index (χ0) is 14.8. The van der Waals surface area contributed by atoms with Crippen LogP contribution in [-0.4, -0.2) is 0 Å². The molecule has 0 atom stereocenters. The summed E-state index contributed by atoms with van der Waals surface area (Å²) in [5, 5.41) is 0. The molecule has 0 amide bonds. The highest BCUT2D eigenvalue weighted by Gasteiger charge is 1.92. The van der Waals surface area contributed by atoms with Crippen molar-refractivity contribution >= 4 is 0 Å². The lowest BCUT2D eigenvalue weighted by atomic mass is 10.1. The monoisotopic (exact) mass is 283 g/mol. The normalized spacial score (nSPS) is 27.8. The Balaban J connectivity index is 2.30. The van der Waals surface area contributed by atoms with Gasteiger partial charge in [0.15, 0.2) is 0 Å². The molecule has 1 rings (SSSR count). The summed E-state index contributed by atoms with van der Waals surface area (Å²) in [6.07, 6.45) is 37.0. The molecule has 21 heavy (non-hydrogen) atoms. The molecule has 0 aliphatic heterocycles. The minimum atomic E-state index is 1.10. The Morgan fingerprint density at radius 3 is 1.71 bits per heavy atom. The van der Waals surface area contributed by atoms with E-state index in [1.54, 1.807) is 0 Å². The van der Waals surface area contributed by atoms with Gasteiger partial charge in [0.05, 0.1) is 0 Å². The fraction of sp³-hybridized carbons (Fsp3) is 0.524. The molecule has 0 N–H and O–H groups in total. The van der Waals surface area contributed by atoms with E-state index in [0.29, 0.717) is 0 Å². The average molecular weight is 283 g/mol. The Labute approximate surface area is 132 Å². The van der Waals surface area contributed by atoms with Crippen LogP contribution in [0.15, 0.2) is 54.7 Å². The molecule has 0 spiro atoms. The molecule has 0 unspecified atom stereocenters. The maximum Gasteiger partial charge on any atom is -0.0276 e. The van der Waals surface area contributed by atoms with Gasteiger partial charge in [-0.05, 0) is 31.8 Å². The van der Waals surface area contributed by atoms with Gasteiger partial charge in [-0.25, -0.2) is 0 Å². The average Bonchev–Trinajstić information content (AvgIpc) is 2.50. The van der Waals surface area contributed by atoms with Gasteiger partial charge in [-0.1, -0.05) is 99.6 Å². The number of allylic oxidation sites excluding steroid dienone is 10. The summed E-state index contributed by atoms with van der Waals surface area (Å²) in [7, 11) is 0. The van der Waals surface area contributed by atoms with Crippen molar-refractivity contribution in [2.24, 2.45) is 0 Å². The standard InChI is InChI=1S/C21H31/c1-2-4-6-8-10-12-14-16-18-20-21-19-17-15-13-11-9-7-5-3-1/h1-9H,10,12-21H2/b3-1+,4-2+,7-5+,8-6-,11-9?. The van der Waals surface area contributed by atoms with E-state index >= 15 is 0 Å². The number of hydrogen-bond acceptors (Lipinski definition) is 0. The fourth-order valence-electron chi connectivity index (χ4n) is 2.43. The minimum Gasteiger partial charge on any atom is -0.0845 e. The quantitative estimate of drug-likeness (QED) is 0.455. The van der Waals surface area contributed by atoms with Crippen molar-refractivity contribution in [1.29, 1.82) is 0 Å². The SMILES string of the molecule is [C]1=C/C=C/C=C/C=C/C=C\CCCCCCCCCCC/1. The second kappa shape index (κ2) is 15.1. The smallest absolute Gasteiger partial charge is 0.0276 e. The van der Waals surface area contributed by atoms with Gasteiger partial charge < -0.3 is 0 Å². The van der Waals surface area contributed by atoms with Crippen LogP contribution < -0.4 is 0 Å². The highest BCUT2D eigenvalue weighted by atomic mass is 14.0. The molecular weight excluding hydrogens is 252 g/mol. The van der Waals surface area contributed by atoms with Crippen molar-refractivity contribution in [3.8, 4) is 0 Å². The summed E-state index contributed by atoms with van der Waals surface area (Å²) in [5.41, 5.74) is 0. The lowest BCUT2D eigenvalue weighted by molar-refractivity contribution is 0.560. The van der Waals surface area contributed by atoms with Crippen LogP contribution in [0.1, 0.15) is 70.6 Å². The Bertz CT molecular complexity index is 318. The highest BCUT2D eigenvalue weighted by molar-refractivity contribution is 5.17. The van der Waals surface area contributed by atoms with E-state index in [1.807, 2.05) is 6.08 Å². The predicted molar refractivity (Wildman–Crippen MR) is 95.2 cm³/mol. The molecular formula is C21H31. The summed E-state index contributed by atoms with van der Waals surface area (Å²) in [6.45, 7) is 0. The molecule has 0 aromatic rings. The highest BCUT2D eigenvalue weighted by Crippen LogP contribution is 2.11. The summed E-state index contributed by atoms with van der Waals surface area (Å²) in [4.78, 5) is 0. The van der Waals surface area contributed by atoms with Crippen LogP contribution in [0.3, 0.4) is 0 Å². The number of rotatable bonds is 0. The molecule has 0 fully saturated rings. The van der Waals surface area contributed by atoms with E-state index in [2.05, 4.69) is 54.7 Å². The largest absolute Gasteiger partial charge is 0.0845 e. The van der Waals surface area contributed by atoms with E-state index in [4.69, 9.17) is 0 Å². The summed E-state index contributed by atoms with van der Waals surface area (Å²) < 4.78 is 0. The molecule has 0 heterocycles. The second-order valence-electron chi connectivity index (χ2n) is 5.67. The van der Waals surface area contributed by atoms with Gasteiger partial charge in [0.25, 0.3) is 0 Å². The molecule has 0 nitrogen and oxygen atoms in total. The molecule has 1 radical (unpaired) electrons. The van der Waals surface area contributed by atoms with Crippen molar-refractivity contribution < 1.29 is 0 Å². The first-order valence-electron chi connectivity index (χ1n) is 8.72. The first kappa shape index (κ1) is 17.8. The Hall–Kier alpha value is -1.30. The lowest BCUT2D eigenvalue weighted by Gasteiger charge is -2.01. The maximum atomic E-state index is 3.34. The first-order chi connectivity index (χ1) is 10.5. The van der Waals surface area contributed by atoms with Crippen molar-refractivity contribution in [1.82, 2.24) is 0 Å². The zero-order valence-electron chi connectivity index (χ0n) is 13.5. The Kier molecular flexibility index (Phi) is 12.8. The predicted octanol–water partition coefficient (Wildman–Crippen LogP) is 6.88. The van der Waals surface area contributed by atoms with Gasteiger partial charge >= 0.3 is 0 Å². The van der Waals surface area contributed by atoms with Gasteiger partial charge in [-0.15, -0.1) is 0 Å². The van der Waals surface area contributed by atoms with Crippen LogP contribution in [-0.2, 0) is 0 Å². The van der Waals surface area contributed by atoms with Crippen LogP contribution in [0.25, 0.3) is 0 Å². The molecule has 0 aromatic heterocycles. The van der Waals surface area contributed by atoms with Crippen LogP contribution in [0.2, 0.25) is 0 Å². The van der Waals surface area contributed by atoms with E-state index in [9.17, 15) is 0 Å². The second-order valence-corrected chi connectivity index (χ2v) is 5.67. The molecule has 0 aromatic carbocycles. The minimum absolute atomic E-state index is 1.10. The van der Waals surface area contributed by atoms with Crippen molar-refractivity contribution in [3.05, 3.63) is 60.8 Å². The van der Waals surface area contributed by atoms with E-state index in [1.165, 1.54) is 64.2 Å². The lowest BCUT2D eigenvalue weighted by Crippen LogP contribution is -1.81. The van der Waals surface area contributed by atoms with E-state index in [-0.39, 0.29) is 0 Å².